The lowest BCUT2D eigenvalue weighted by Gasteiger charge is -2.15. The minimum atomic E-state index is -0.338. The van der Waals surface area contributed by atoms with Crippen molar-refractivity contribution < 1.29 is 4.79 Å². The molecule has 6 nitrogen and oxygen atoms in total. The topological polar surface area (TPSA) is 78.1 Å². The third-order valence-corrected chi connectivity index (χ3v) is 3.70. The van der Waals surface area contributed by atoms with Crippen molar-refractivity contribution >= 4 is 11.6 Å². The number of anilines is 1. The molecule has 3 rings (SSSR count). The molecule has 1 amide bonds. The Morgan fingerprint density at radius 2 is 2.05 bits per heavy atom. The van der Waals surface area contributed by atoms with Crippen LogP contribution < -0.4 is 10.9 Å². The maximum atomic E-state index is 12.1. The number of aromatic nitrogens is 2. The van der Waals surface area contributed by atoms with Crippen LogP contribution in [0.4, 0.5) is 5.69 Å². The van der Waals surface area contributed by atoms with Crippen LogP contribution in [0.3, 0.4) is 0 Å². The molecule has 22 heavy (non-hydrogen) atoms. The Balaban J connectivity index is 1.67. The number of nitrogens with one attached hydrogen (secondary N) is 2. The molecule has 1 fully saturated rings. The molecule has 0 atom stereocenters. The molecule has 2 N–H and O–H groups in total. The zero-order chi connectivity index (χ0) is 15.4. The number of likely N-dealkylation sites (tertiary alicyclic amines) is 1. The minimum absolute atomic E-state index is 0.185. The van der Waals surface area contributed by atoms with Crippen LogP contribution in [0.15, 0.2) is 41.2 Å². The first-order chi connectivity index (χ1) is 10.7. The fourth-order valence-corrected chi connectivity index (χ4v) is 2.61. The average Bonchev–Trinajstić information content (AvgIpc) is 3.01. The zero-order valence-electron chi connectivity index (χ0n) is 12.2. The first kappa shape index (κ1) is 14.5. The number of amides is 1. The molecule has 1 saturated heterocycles. The molecule has 0 saturated carbocycles. The van der Waals surface area contributed by atoms with E-state index in [4.69, 9.17) is 0 Å². The highest BCUT2D eigenvalue weighted by atomic mass is 16.2. The predicted octanol–water partition coefficient (Wildman–Crippen LogP) is 1.62. The molecule has 1 aromatic heterocycles. The fourth-order valence-electron chi connectivity index (χ4n) is 2.61. The number of rotatable bonds is 4. The zero-order valence-corrected chi connectivity index (χ0v) is 12.2. The van der Waals surface area contributed by atoms with Gasteiger partial charge in [0.1, 0.15) is 5.69 Å². The van der Waals surface area contributed by atoms with Gasteiger partial charge in [0.05, 0.1) is 0 Å². The van der Waals surface area contributed by atoms with Gasteiger partial charge < -0.3 is 5.32 Å². The van der Waals surface area contributed by atoms with Crippen molar-refractivity contribution in [3.05, 3.63) is 58.0 Å². The Kier molecular flexibility index (Phi) is 4.29. The molecule has 0 spiro atoms. The molecule has 1 aliphatic rings. The van der Waals surface area contributed by atoms with Crippen molar-refractivity contribution in [3.8, 4) is 0 Å². The van der Waals surface area contributed by atoms with Crippen molar-refractivity contribution in [3.63, 3.8) is 0 Å². The summed E-state index contributed by atoms with van der Waals surface area (Å²) in [6.45, 7) is 3.18. The van der Waals surface area contributed by atoms with E-state index in [-0.39, 0.29) is 17.2 Å². The van der Waals surface area contributed by atoms with E-state index in [2.05, 4.69) is 26.5 Å². The number of hydrogen-bond acceptors (Lipinski definition) is 4. The number of hydrogen-bond donors (Lipinski definition) is 2. The van der Waals surface area contributed by atoms with Gasteiger partial charge in [-0.05, 0) is 49.7 Å². The number of H-pyrrole nitrogens is 1. The second-order valence-corrected chi connectivity index (χ2v) is 5.44. The predicted molar refractivity (Wildman–Crippen MR) is 83.8 cm³/mol. The Morgan fingerprint density at radius 3 is 2.77 bits per heavy atom. The second-order valence-electron chi connectivity index (χ2n) is 5.44. The van der Waals surface area contributed by atoms with E-state index in [1.54, 1.807) is 0 Å². The van der Waals surface area contributed by atoms with Crippen LogP contribution in [-0.2, 0) is 6.54 Å². The number of aromatic amines is 1. The van der Waals surface area contributed by atoms with Crippen LogP contribution in [0.1, 0.15) is 28.9 Å². The first-order valence-electron chi connectivity index (χ1n) is 7.39. The fraction of sp³-hybridized carbons (Fsp3) is 0.312. The van der Waals surface area contributed by atoms with Gasteiger partial charge in [0.25, 0.3) is 11.5 Å². The lowest BCUT2D eigenvalue weighted by atomic mass is 10.2. The first-order valence-corrected chi connectivity index (χ1v) is 7.39. The molecular weight excluding hydrogens is 280 g/mol. The van der Waals surface area contributed by atoms with Crippen LogP contribution in [-0.4, -0.2) is 34.1 Å². The largest absolute Gasteiger partial charge is 0.321 e. The van der Waals surface area contributed by atoms with Gasteiger partial charge in [-0.25, -0.2) is 5.10 Å². The summed E-state index contributed by atoms with van der Waals surface area (Å²) in [5.74, 6) is -0.338. The van der Waals surface area contributed by atoms with E-state index in [0.717, 1.165) is 25.3 Å². The van der Waals surface area contributed by atoms with E-state index < -0.39 is 0 Å². The summed E-state index contributed by atoms with van der Waals surface area (Å²) < 4.78 is 0. The smallest absolute Gasteiger partial charge is 0.276 e. The van der Waals surface area contributed by atoms with Crippen LogP contribution in [0, 0.1) is 0 Å². The van der Waals surface area contributed by atoms with Gasteiger partial charge >= 0.3 is 0 Å². The van der Waals surface area contributed by atoms with Gasteiger partial charge in [-0.2, -0.15) is 5.10 Å². The van der Waals surface area contributed by atoms with Gasteiger partial charge in [-0.15, -0.1) is 0 Å². The SMILES string of the molecule is O=C(Nc1cccc(CN2CCCC2)c1)c1ccc(=O)[nH]n1. The van der Waals surface area contributed by atoms with Crippen molar-refractivity contribution in [1.29, 1.82) is 0 Å². The summed E-state index contributed by atoms with van der Waals surface area (Å²) in [5.41, 5.74) is 1.76. The molecule has 0 radical (unpaired) electrons. The number of nitrogens with zero attached hydrogens (tertiary/aromatic N) is 2. The summed E-state index contributed by atoms with van der Waals surface area (Å²) in [6.07, 6.45) is 2.52. The third kappa shape index (κ3) is 3.59. The standard InChI is InChI=1S/C16H18N4O2/c21-15-7-6-14(18-19-15)16(22)17-13-5-3-4-12(10-13)11-20-8-1-2-9-20/h3-7,10H,1-2,8-9,11H2,(H,17,22)(H,19,21). The summed E-state index contributed by atoms with van der Waals surface area (Å²) in [7, 11) is 0. The van der Waals surface area contributed by atoms with Crippen molar-refractivity contribution in [2.45, 2.75) is 19.4 Å². The van der Waals surface area contributed by atoms with Gasteiger partial charge in [-0.3, -0.25) is 14.5 Å². The number of benzene rings is 1. The van der Waals surface area contributed by atoms with E-state index in [1.807, 2.05) is 18.2 Å². The normalized spacial score (nSPS) is 14.9. The molecule has 2 aromatic rings. The molecule has 0 bridgehead atoms. The highest BCUT2D eigenvalue weighted by molar-refractivity contribution is 6.02. The number of carbonyl (C=O) groups is 1. The Bertz CT molecular complexity index is 700. The minimum Gasteiger partial charge on any atom is -0.321 e. The quantitative estimate of drug-likeness (QED) is 0.899. The molecular formula is C16H18N4O2. The van der Waals surface area contributed by atoms with Crippen LogP contribution in [0.5, 0.6) is 0 Å². The lowest BCUT2D eigenvalue weighted by Crippen LogP contribution is -2.19. The van der Waals surface area contributed by atoms with E-state index in [9.17, 15) is 9.59 Å². The third-order valence-electron chi connectivity index (χ3n) is 3.70. The van der Waals surface area contributed by atoms with Crippen molar-refractivity contribution in [2.24, 2.45) is 0 Å². The van der Waals surface area contributed by atoms with Gasteiger partial charge in [-0.1, -0.05) is 12.1 Å². The molecule has 114 valence electrons. The van der Waals surface area contributed by atoms with Gasteiger partial charge in [0.15, 0.2) is 0 Å². The van der Waals surface area contributed by atoms with E-state index in [0.29, 0.717) is 0 Å². The average molecular weight is 298 g/mol. The Hall–Kier alpha value is -2.47. The monoisotopic (exact) mass is 298 g/mol. The molecule has 0 aliphatic carbocycles. The molecule has 2 heterocycles. The molecule has 1 aromatic carbocycles. The van der Waals surface area contributed by atoms with Gasteiger partial charge in [0, 0.05) is 18.3 Å². The Morgan fingerprint density at radius 1 is 1.23 bits per heavy atom. The van der Waals surface area contributed by atoms with E-state index >= 15 is 0 Å². The van der Waals surface area contributed by atoms with Gasteiger partial charge in [0.2, 0.25) is 0 Å². The van der Waals surface area contributed by atoms with Crippen LogP contribution >= 0.6 is 0 Å². The van der Waals surface area contributed by atoms with Crippen LogP contribution in [0.25, 0.3) is 0 Å². The summed E-state index contributed by atoms with van der Waals surface area (Å²) in [6, 6.07) is 10.5. The van der Waals surface area contributed by atoms with Crippen molar-refractivity contribution in [2.75, 3.05) is 18.4 Å². The summed E-state index contributed by atoms with van der Waals surface area (Å²) in [4.78, 5) is 25.4. The summed E-state index contributed by atoms with van der Waals surface area (Å²) >= 11 is 0. The van der Waals surface area contributed by atoms with E-state index in [1.165, 1.54) is 30.5 Å². The highest BCUT2D eigenvalue weighted by Crippen LogP contribution is 2.16. The molecule has 1 aliphatic heterocycles. The second kappa shape index (κ2) is 6.53. The summed E-state index contributed by atoms with van der Waals surface area (Å²) in [5, 5.41) is 8.78. The van der Waals surface area contributed by atoms with Crippen molar-refractivity contribution in [1.82, 2.24) is 15.1 Å². The maximum absolute atomic E-state index is 12.1. The van der Waals surface area contributed by atoms with Crippen LogP contribution in [0.2, 0.25) is 0 Å². The lowest BCUT2D eigenvalue weighted by molar-refractivity contribution is 0.102. The highest BCUT2D eigenvalue weighted by Gasteiger charge is 2.12. The molecule has 0 unspecified atom stereocenters. The molecule has 6 heteroatoms. The number of carbonyl (C=O) groups excluding carboxylic acids is 1. The Labute approximate surface area is 128 Å². The maximum Gasteiger partial charge on any atom is 0.276 e.